The van der Waals surface area contributed by atoms with E-state index in [1.54, 1.807) is 0 Å². The Hall–Kier alpha value is -3.83. The third-order valence-corrected chi connectivity index (χ3v) is 11.5. The number of anilines is 1. The predicted octanol–water partition coefficient (Wildman–Crippen LogP) is 9.35. The van der Waals surface area contributed by atoms with Crippen molar-refractivity contribution in [2.45, 2.75) is 87.5 Å². The number of aryl methyl sites for hydroxylation is 1. The van der Waals surface area contributed by atoms with Gasteiger partial charge in [-0.15, -0.1) is 0 Å². The number of fused-ring (bicyclic) bond motifs is 3. The van der Waals surface area contributed by atoms with E-state index in [0.717, 1.165) is 43.5 Å². The predicted molar refractivity (Wildman–Crippen MR) is 184 cm³/mol. The van der Waals surface area contributed by atoms with Crippen molar-refractivity contribution in [3.8, 4) is 5.75 Å². The zero-order valence-electron chi connectivity index (χ0n) is 26.6. The minimum Gasteiger partial charge on any atom is -0.493 e. The molecule has 0 radical (unpaired) electrons. The monoisotopic (exact) mass is 634 g/mol. The van der Waals surface area contributed by atoms with Gasteiger partial charge in [0.15, 0.2) is 0 Å². The highest BCUT2D eigenvalue weighted by molar-refractivity contribution is 6.30. The van der Waals surface area contributed by atoms with Crippen LogP contribution in [-0.2, 0) is 23.1 Å². The summed E-state index contributed by atoms with van der Waals surface area (Å²) in [6.07, 6.45) is 9.97. The number of hydrogen-bond donors (Lipinski definition) is 2. The first-order valence-corrected chi connectivity index (χ1v) is 17.3. The molecule has 3 aliphatic rings. The first-order valence-electron chi connectivity index (χ1n) is 16.9. The quantitative estimate of drug-likeness (QED) is 0.192. The highest BCUT2D eigenvalue weighted by Crippen LogP contribution is 2.56. The van der Waals surface area contributed by atoms with Crippen molar-refractivity contribution in [1.82, 2.24) is 4.98 Å². The van der Waals surface area contributed by atoms with Gasteiger partial charge in [0.1, 0.15) is 11.3 Å². The lowest BCUT2D eigenvalue weighted by atomic mass is 9.59. The van der Waals surface area contributed by atoms with Gasteiger partial charge in [-0.05, 0) is 116 Å². The Bertz CT molecular complexity index is 1700. The molecule has 5 nitrogen and oxygen atoms in total. The third-order valence-electron chi connectivity index (χ3n) is 11.3. The maximum Gasteiger partial charge on any atom is 0.329 e. The van der Waals surface area contributed by atoms with Crippen LogP contribution in [0.2, 0.25) is 5.02 Å². The summed E-state index contributed by atoms with van der Waals surface area (Å²) in [5.74, 6) is 1.22. The van der Waals surface area contributed by atoms with Gasteiger partial charge in [0.05, 0.1) is 6.61 Å². The van der Waals surface area contributed by atoms with Crippen LogP contribution in [0.3, 0.4) is 0 Å². The van der Waals surface area contributed by atoms with Gasteiger partial charge in [-0.2, -0.15) is 0 Å². The van der Waals surface area contributed by atoms with Gasteiger partial charge in [0.25, 0.3) is 0 Å². The number of ether oxygens (including phenoxy) is 1. The normalized spacial score (nSPS) is 25.8. The molecule has 0 aliphatic heterocycles. The third kappa shape index (κ3) is 5.79. The van der Waals surface area contributed by atoms with E-state index in [1.165, 1.54) is 40.8 Å². The second-order valence-electron chi connectivity index (χ2n) is 13.9. The van der Waals surface area contributed by atoms with E-state index >= 15 is 0 Å². The van der Waals surface area contributed by atoms with E-state index in [0.29, 0.717) is 36.3 Å². The maximum atomic E-state index is 12.9. The fraction of sp³-hybridized carbons (Fsp3) is 0.400. The summed E-state index contributed by atoms with van der Waals surface area (Å²) in [7, 11) is 0. The van der Waals surface area contributed by atoms with Crippen LogP contribution in [0.25, 0.3) is 0 Å². The highest BCUT2D eigenvalue weighted by Gasteiger charge is 2.54. The number of carboxylic acids is 1. The lowest BCUT2D eigenvalue weighted by Gasteiger charge is -2.47. The molecule has 6 heteroatoms. The Balaban J connectivity index is 1.17. The summed E-state index contributed by atoms with van der Waals surface area (Å²) in [6, 6.07) is 29.1. The Morgan fingerprint density at radius 2 is 1.80 bits per heavy atom. The Morgan fingerprint density at radius 3 is 2.59 bits per heavy atom. The van der Waals surface area contributed by atoms with Crippen molar-refractivity contribution in [1.29, 1.82) is 0 Å². The number of carboxylic acid groups (broad SMARTS) is 1. The number of nitrogens with zero attached hydrogens (tertiary/aromatic N) is 1. The average molecular weight is 635 g/mol. The number of halogens is 1. The van der Waals surface area contributed by atoms with Gasteiger partial charge >= 0.3 is 5.97 Å². The van der Waals surface area contributed by atoms with Crippen LogP contribution >= 0.6 is 11.6 Å². The molecule has 238 valence electrons. The smallest absolute Gasteiger partial charge is 0.329 e. The summed E-state index contributed by atoms with van der Waals surface area (Å²) >= 11 is 6.27. The standard InChI is InChI=1S/C40H43ClN2O3/c1-27-9-7-16-35-37(27)36(17-22-42-35)46-26-30(28-10-3-2-4-11-28)24-31-23-29-12-5-6-15-34(29)39(31)18-20-40(21-19-39,38(44)45)43-33-14-8-13-32(41)25-33/h2-6,8,10-15,17,22,25,27,30-31,43H,7,9,16,18-21,23-24,26H2,1H3,(H,44,45)/t27-,30-,31?,39?,40?/m1/s1. The molecule has 1 heterocycles. The highest BCUT2D eigenvalue weighted by atomic mass is 35.5. The second kappa shape index (κ2) is 12.8. The van der Waals surface area contributed by atoms with Gasteiger partial charge in [0, 0.05) is 34.1 Å². The minimum atomic E-state index is -1.03. The van der Waals surface area contributed by atoms with Gasteiger partial charge in [-0.25, -0.2) is 4.79 Å². The lowest BCUT2D eigenvalue weighted by Crippen LogP contribution is -2.53. The minimum absolute atomic E-state index is 0.0804. The number of carbonyl (C=O) groups is 1. The molecule has 0 saturated heterocycles. The molecule has 0 bridgehead atoms. The zero-order valence-corrected chi connectivity index (χ0v) is 27.3. The van der Waals surface area contributed by atoms with Crippen molar-refractivity contribution >= 4 is 23.3 Å². The molecule has 4 aromatic rings. The van der Waals surface area contributed by atoms with E-state index in [-0.39, 0.29) is 11.3 Å². The SMILES string of the molecule is C[C@@H]1CCCc2nccc(OC[C@@H](CC3Cc4ccccc4C34CCC(Nc3cccc(Cl)c3)(C(=O)O)CC4)c3ccccc3)c21. The number of benzene rings is 3. The maximum absolute atomic E-state index is 12.9. The number of aliphatic carboxylic acids is 1. The lowest BCUT2D eigenvalue weighted by molar-refractivity contribution is -0.144. The fourth-order valence-electron chi connectivity index (χ4n) is 8.84. The first-order chi connectivity index (χ1) is 22.4. The van der Waals surface area contributed by atoms with Crippen LogP contribution in [0.5, 0.6) is 5.75 Å². The van der Waals surface area contributed by atoms with E-state index in [9.17, 15) is 9.90 Å². The average Bonchev–Trinajstić information content (AvgIpc) is 3.36. The Labute approximate surface area is 277 Å². The van der Waals surface area contributed by atoms with E-state index in [1.807, 2.05) is 30.5 Å². The van der Waals surface area contributed by atoms with Gasteiger partial charge in [-0.3, -0.25) is 4.98 Å². The zero-order chi connectivity index (χ0) is 31.7. The molecule has 1 aromatic heterocycles. The topological polar surface area (TPSA) is 71.5 Å². The number of aromatic nitrogens is 1. The molecule has 46 heavy (non-hydrogen) atoms. The molecule has 1 saturated carbocycles. The second-order valence-corrected chi connectivity index (χ2v) is 14.3. The molecule has 1 spiro atoms. The largest absolute Gasteiger partial charge is 0.493 e. The van der Waals surface area contributed by atoms with Crippen LogP contribution < -0.4 is 10.1 Å². The van der Waals surface area contributed by atoms with Crippen molar-refractivity contribution < 1.29 is 14.6 Å². The van der Waals surface area contributed by atoms with Crippen molar-refractivity contribution in [3.63, 3.8) is 0 Å². The first kappa shape index (κ1) is 30.8. The number of pyridine rings is 1. The molecule has 1 fully saturated rings. The molecule has 1 unspecified atom stereocenters. The number of nitrogens with one attached hydrogen (secondary N) is 1. The van der Waals surface area contributed by atoms with Crippen LogP contribution in [0, 0.1) is 5.92 Å². The summed E-state index contributed by atoms with van der Waals surface area (Å²) in [5.41, 5.74) is 6.23. The molecular weight excluding hydrogens is 592 g/mol. The molecule has 3 aromatic carbocycles. The van der Waals surface area contributed by atoms with Crippen molar-refractivity contribution in [3.05, 3.63) is 124 Å². The van der Waals surface area contributed by atoms with Crippen LogP contribution in [-0.4, -0.2) is 28.2 Å². The summed E-state index contributed by atoms with van der Waals surface area (Å²) in [6.45, 7) is 2.90. The molecule has 2 N–H and O–H groups in total. The van der Waals surface area contributed by atoms with Crippen LogP contribution in [0.4, 0.5) is 5.69 Å². The van der Waals surface area contributed by atoms with Gasteiger partial charge < -0.3 is 15.2 Å². The Kier molecular flexibility index (Phi) is 8.54. The van der Waals surface area contributed by atoms with Crippen LogP contribution in [0.1, 0.15) is 91.7 Å². The van der Waals surface area contributed by atoms with E-state index in [4.69, 9.17) is 21.3 Å². The Morgan fingerprint density at radius 1 is 1.02 bits per heavy atom. The van der Waals surface area contributed by atoms with Gasteiger partial charge in [0.2, 0.25) is 0 Å². The van der Waals surface area contributed by atoms with Crippen molar-refractivity contribution in [2.75, 3.05) is 11.9 Å². The molecule has 7 rings (SSSR count). The van der Waals surface area contributed by atoms with E-state index < -0.39 is 11.5 Å². The number of rotatable bonds is 9. The molecule has 3 atom stereocenters. The molecule has 0 amide bonds. The number of hydrogen-bond acceptors (Lipinski definition) is 4. The summed E-state index contributed by atoms with van der Waals surface area (Å²) < 4.78 is 6.76. The van der Waals surface area contributed by atoms with Crippen LogP contribution in [0.15, 0.2) is 91.1 Å². The summed E-state index contributed by atoms with van der Waals surface area (Å²) in [4.78, 5) is 17.6. The van der Waals surface area contributed by atoms with Gasteiger partial charge in [-0.1, -0.05) is 79.2 Å². The summed E-state index contributed by atoms with van der Waals surface area (Å²) in [5, 5.41) is 14.6. The fourth-order valence-corrected chi connectivity index (χ4v) is 9.03. The van der Waals surface area contributed by atoms with Crippen molar-refractivity contribution in [2.24, 2.45) is 5.92 Å². The molecule has 3 aliphatic carbocycles. The molecular formula is C40H43ClN2O3. The van der Waals surface area contributed by atoms with E-state index in [2.05, 4.69) is 72.9 Å².